The smallest absolute Gasteiger partial charge is 0.320 e. The molecule has 98 valence electrons. The molecule has 1 fully saturated rings. The molecule has 6 nitrogen and oxygen atoms in total. The number of carboxylic acid groups (broad SMARTS) is 1. The number of carboxylic acids is 1. The van der Waals surface area contributed by atoms with E-state index in [9.17, 15) is 9.59 Å². The Hall–Kier alpha value is -1.30. The Morgan fingerprint density at radius 2 is 2.06 bits per heavy atom. The maximum atomic E-state index is 11.9. The number of likely N-dealkylation sites (tertiary alicyclic amines) is 1. The van der Waals surface area contributed by atoms with Crippen LogP contribution in [0.1, 0.15) is 13.8 Å². The van der Waals surface area contributed by atoms with Gasteiger partial charge in [0.2, 0.25) is 0 Å². The normalized spacial score (nSPS) is 15.5. The Labute approximate surface area is 101 Å². The van der Waals surface area contributed by atoms with Crippen molar-refractivity contribution in [2.75, 3.05) is 39.4 Å². The maximum absolute atomic E-state index is 11.9. The maximum Gasteiger partial charge on any atom is 0.320 e. The van der Waals surface area contributed by atoms with Crippen molar-refractivity contribution in [2.45, 2.75) is 13.8 Å². The van der Waals surface area contributed by atoms with Gasteiger partial charge < -0.3 is 19.6 Å². The quantitative estimate of drug-likeness (QED) is 0.690. The van der Waals surface area contributed by atoms with Gasteiger partial charge in [0.1, 0.15) is 0 Å². The highest BCUT2D eigenvalue weighted by atomic mass is 16.5. The average molecular weight is 244 g/mol. The number of hydrogen-bond acceptors (Lipinski definition) is 3. The Morgan fingerprint density at radius 1 is 1.41 bits per heavy atom. The predicted molar refractivity (Wildman–Crippen MR) is 61.8 cm³/mol. The lowest BCUT2D eigenvalue weighted by molar-refractivity contribution is -0.146. The number of amides is 2. The fourth-order valence-electron chi connectivity index (χ4n) is 1.70. The van der Waals surface area contributed by atoms with Crippen LogP contribution in [0.25, 0.3) is 0 Å². The molecule has 1 aliphatic heterocycles. The number of rotatable bonds is 6. The molecule has 0 bridgehead atoms. The molecule has 0 spiro atoms. The van der Waals surface area contributed by atoms with E-state index in [0.717, 1.165) is 0 Å². The van der Waals surface area contributed by atoms with Crippen molar-refractivity contribution in [3.05, 3.63) is 0 Å². The number of ether oxygens (including phenoxy) is 1. The zero-order valence-electron chi connectivity index (χ0n) is 10.4. The van der Waals surface area contributed by atoms with E-state index in [1.54, 1.807) is 9.80 Å². The Balaban J connectivity index is 2.32. The second kappa shape index (κ2) is 6.44. The standard InChI is InChI=1S/C11H20N2O4/c1-3-12(5-6-17-4-2)11(16)13-7-9(8-13)10(14)15/h9H,3-8H2,1-2H3,(H,14,15). The van der Waals surface area contributed by atoms with Crippen molar-refractivity contribution in [1.29, 1.82) is 0 Å². The minimum absolute atomic E-state index is 0.0929. The van der Waals surface area contributed by atoms with Crippen LogP contribution in [0.3, 0.4) is 0 Å². The Bertz CT molecular complexity index is 277. The third kappa shape index (κ3) is 3.59. The summed E-state index contributed by atoms with van der Waals surface area (Å²) in [6, 6.07) is -0.0929. The summed E-state index contributed by atoms with van der Waals surface area (Å²) >= 11 is 0. The van der Waals surface area contributed by atoms with Gasteiger partial charge in [0, 0.05) is 32.8 Å². The van der Waals surface area contributed by atoms with Gasteiger partial charge in [0.05, 0.1) is 12.5 Å². The summed E-state index contributed by atoms with van der Waals surface area (Å²) in [4.78, 5) is 25.8. The van der Waals surface area contributed by atoms with Crippen molar-refractivity contribution in [2.24, 2.45) is 5.92 Å². The van der Waals surface area contributed by atoms with Gasteiger partial charge in [-0.1, -0.05) is 0 Å². The van der Waals surface area contributed by atoms with E-state index in [4.69, 9.17) is 9.84 Å². The van der Waals surface area contributed by atoms with Crippen LogP contribution in [0.2, 0.25) is 0 Å². The number of aliphatic carboxylic acids is 1. The summed E-state index contributed by atoms with van der Waals surface area (Å²) in [5.41, 5.74) is 0. The van der Waals surface area contributed by atoms with Crippen molar-refractivity contribution in [3.8, 4) is 0 Å². The number of likely N-dealkylation sites (N-methyl/N-ethyl adjacent to an activating group) is 1. The second-order valence-electron chi connectivity index (χ2n) is 4.00. The van der Waals surface area contributed by atoms with Crippen molar-refractivity contribution in [1.82, 2.24) is 9.80 Å². The van der Waals surface area contributed by atoms with E-state index >= 15 is 0 Å². The number of urea groups is 1. The first-order chi connectivity index (χ1) is 8.10. The largest absolute Gasteiger partial charge is 0.481 e. The third-order valence-corrected chi connectivity index (χ3v) is 2.86. The molecular weight excluding hydrogens is 224 g/mol. The van der Waals surface area contributed by atoms with Crippen LogP contribution in [0, 0.1) is 5.92 Å². The number of nitrogens with zero attached hydrogens (tertiary/aromatic N) is 2. The van der Waals surface area contributed by atoms with Crippen LogP contribution in [-0.2, 0) is 9.53 Å². The zero-order valence-corrected chi connectivity index (χ0v) is 10.4. The highest BCUT2D eigenvalue weighted by Crippen LogP contribution is 2.17. The molecule has 1 saturated heterocycles. The molecule has 0 aromatic heterocycles. The van der Waals surface area contributed by atoms with Gasteiger partial charge in [0.25, 0.3) is 0 Å². The van der Waals surface area contributed by atoms with E-state index < -0.39 is 11.9 Å². The van der Waals surface area contributed by atoms with E-state index in [0.29, 0.717) is 39.4 Å². The molecule has 1 rings (SSSR count). The molecule has 0 atom stereocenters. The highest BCUT2D eigenvalue weighted by Gasteiger charge is 2.37. The van der Waals surface area contributed by atoms with Gasteiger partial charge in [-0.15, -0.1) is 0 Å². The van der Waals surface area contributed by atoms with Crippen LogP contribution in [0.5, 0.6) is 0 Å². The number of carbonyl (C=O) groups is 2. The lowest BCUT2D eigenvalue weighted by atomic mass is 10.0. The molecule has 0 radical (unpaired) electrons. The molecule has 0 aromatic rings. The topological polar surface area (TPSA) is 70.1 Å². The van der Waals surface area contributed by atoms with Gasteiger partial charge in [-0.3, -0.25) is 4.79 Å². The van der Waals surface area contributed by atoms with Crippen LogP contribution in [0.4, 0.5) is 4.79 Å². The summed E-state index contributed by atoms with van der Waals surface area (Å²) in [7, 11) is 0. The SMILES string of the molecule is CCOCCN(CC)C(=O)N1CC(C(=O)O)C1. The number of hydrogen-bond donors (Lipinski definition) is 1. The molecule has 6 heteroatoms. The molecule has 1 N–H and O–H groups in total. The zero-order chi connectivity index (χ0) is 12.8. The molecule has 0 aliphatic carbocycles. The van der Waals surface area contributed by atoms with Crippen LogP contribution >= 0.6 is 0 Å². The Morgan fingerprint density at radius 3 is 2.53 bits per heavy atom. The molecule has 1 aliphatic rings. The summed E-state index contributed by atoms with van der Waals surface area (Å²) in [5.74, 6) is -1.23. The van der Waals surface area contributed by atoms with Gasteiger partial charge in [-0.2, -0.15) is 0 Å². The average Bonchev–Trinajstić information content (AvgIpc) is 2.21. The first-order valence-electron chi connectivity index (χ1n) is 5.94. The van der Waals surface area contributed by atoms with Crippen LogP contribution in [-0.4, -0.2) is 66.3 Å². The molecule has 1 heterocycles. The van der Waals surface area contributed by atoms with Crippen molar-refractivity contribution >= 4 is 12.0 Å². The van der Waals surface area contributed by atoms with Crippen molar-refractivity contribution in [3.63, 3.8) is 0 Å². The van der Waals surface area contributed by atoms with Gasteiger partial charge in [0.15, 0.2) is 0 Å². The molecule has 0 aromatic carbocycles. The minimum Gasteiger partial charge on any atom is -0.481 e. The Kier molecular flexibility index (Phi) is 5.21. The van der Waals surface area contributed by atoms with Crippen LogP contribution in [0.15, 0.2) is 0 Å². The lowest BCUT2D eigenvalue weighted by Gasteiger charge is -2.39. The van der Waals surface area contributed by atoms with Crippen molar-refractivity contribution < 1.29 is 19.4 Å². The monoisotopic (exact) mass is 244 g/mol. The first-order valence-corrected chi connectivity index (χ1v) is 5.94. The van der Waals surface area contributed by atoms with Crippen LogP contribution < -0.4 is 0 Å². The summed E-state index contributed by atoms with van der Waals surface area (Å²) < 4.78 is 5.20. The molecule has 0 unspecified atom stereocenters. The molecular formula is C11H20N2O4. The van der Waals surface area contributed by atoms with E-state index in [1.807, 2.05) is 13.8 Å². The lowest BCUT2D eigenvalue weighted by Crippen LogP contribution is -2.57. The van der Waals surface area contributed by atoms with E-state index in [1.165, 1.54) is 0 Å². The van der Waals surface area contributed by atoms with E-state index in [2.05, 4.69) is 0 Å². The molecule has 2 amide bonds. The fraction of sp³-hybridized carbons (Fsp3) is 0.818. The highest BCUT2D eigenvalue weighted by molar-refractivity contribution is 5.79. The molecule has 17 heavy (non-hydrogen) atoms. The van der Waals surface area contributed by atoms with E-state index in [-0.39, 0.29) is 6.03 Å². The van der Waals surface area contributed by atoms with Gasteiger partial charge in [-0.25, -0.2) is 4.79 Å². The minimum atomic E-state index is -0.827. The second-order valence-corrected chi connectivity index (χ2v) is 4.00. The number of carbonyl (C=O) groups excluding carboxylic acids is 1. The van der Waals surface area contributed by atoms with Gasteiger partial charge >= 0.3 is 12.0 Å². The summed E-state index contributed by atoms with van der Waals surface area (Å²) in [6.45, 7) is 6.77. The predicted octanol–water partition coefficient (Wildman–Crippen LogP) is 0.481. The van der Waals surface area contributed by atoms with Gasteiger partial charge in [-0.05, 0) is 13.8 Å². The first kappa shape index (κ1) is 13.8. The summed E-state index contributed by atoms with van der Waals surface area (Å²) in [6.07, 6.45) is 0. The fourth-order valence-corrected chi connectivity index (χ4v) is 1.70. The molecule has 0 saturated carbocycles. The summed E-state index contributed by atoms with van der Waals surface area (Å²) in [5, 5.41) is 8.73. The third-order valence-electron chi connectivity index (χ3n) is 2.86.